The third-order valence-electron chi connectivity index (χ3n) is 5.48. The van der Waals surface area contributed by atoms with Crippen LogP contribution in [0.1, 0.15) is 18.0 Å². The molecule has 5 rings (SSSR count). The van der Waals surface area contributed by atoms with E-state index in [0.717, 1.165) is 12.1 Å². The maximum atomic E-state index is 10.9. The van der Waals surface area contributed by atoms with Crippen molar-refractivity contribution < 1.29 is 5.11 Å². The maximum Gasteiger partial charge on any atom is 0.0956 e. The van der Waals surface area contributed by atoms with E-state index in [4.69, 9.17) is 0 Å². The van der Waals surface area contributed by atoms with Crippen molar-refractivity contribution in [1.82, 2.24) is 9.55 Å². The summed E-state index contributed by atoms with van der Waals surface area (Å²) in [5.74, 6) is 0.743. The van der Waals surface area contributed by atoms with Gasteiger partial charge in [0.05, 0.1) is 30.4 Å². The van der Waals surface area contributed by atoms with E-state index in [-0.39, 0.29) is 24.0 Å². The van der Waals surface area contributed by atoms with Gasteiger partial charge >= 0.3 is 0 Å². The van der Waals surface area contributed by atoms with Gasteiger partial charge in [-0.2, -0.15) is 0 Å². The van der Waals surface area contributed by atoms with Crippen LogP contribution in [0.4, 0.5) is 0 Å². The van der Waals surface area contributed by atoms with Crippen molar-refractivity contribution in [2.45, 2.75) is 18.6 Å². The predicted molar refractivity (Wildman–Crippen MR) is 84.5 cm³/mol. The number of hydrogen-bond acceptors (Lipinski definition) is 3. The SMILES string of the molecule is O[C@H]1C2C=NC=CC2C[C@H]1[C@@H]1c2ccccc2-c2cncn21. The molecule has 2 aromatic rings. The first-order chi connectivity index (χ1) is 10.8. The number of rotatable bonds is 1. The Morgan fingerprint density at radius 1 is 1.23 bits per heavy atom. The average molecular weight is 291 g/mol. The van der Waals surface area contributed by atoms with Gasteiger partial charge in [-0.15, -0.1) is 0 Å². The molecule has 0 saturated heterocycles. The van der Waals surface area contributed by atoms with Gasteiger partial charge in [-0.05, 0) is 17.9 Å². The molecule has 0 spiro atoms. The van der Waals surface area contributed by atoms with E-state index in [1.54, 1.807) is 0 Å². The van der Waals surface area contributed by atoms with E-state index in [1.807, 2.05) is 24.9 Å². The fourth-order valence-corrected chi connectivity index (χ4v) is 4.49. The molecule has 1 aromatic heterocycles. The van der Waals surface area contributed by atoms with Crippen LogP contribution < -0.4 is 0 Å². The van der Waals surface area contributed by atoms with Crippen LogP contribution in [-0.2, 0) is 0 Å². The number of benzene rings is 1. The van der Waals surface area contributed by atoms with Gasteiger partial charge in [-0.25, -0.2) is 4.98 Å². The minimum absolute atomic E-state index is 0.148. The van der Waals surface area contributed by atoms with Crippen molar-refractivity contribution in [1.29, 1.82) is 0 Å². The Morgan fingerprint density at radius 2 is 2.14 bits per heavy atom. The third kappa shape index (κ3) is 1.50. The highest BCUT2D eigenvalue weighted by molar-refractivity contribution is 5.70. The molecule has 4 heteroatoms. The molecule has 4 nitrogen and oxygen atoms in total. The Kier molecular flexibility index (Phi) is 2.47. The lowest BCUT2D eigenvalue weighted by molar-refractivity contribution is 0.0948. The van der Waals surface area contributed by atoms with Gasteiger partial charge in [0.15, 0.2) is 0 Å². The van der Waals surface area contributed by atoms with E-state index >= 15 is 0 Å². The number of imidazole rings is 1. The number of aromatic nitrogens is 2. The lowest BCUT2D eigenvalue weighted by Crippen LogP contribution is -2.29. The molecule has 3 aliphatic rings. The van der Waals surface area contributed by atoms with Crippen LogP contribution in [-0.4, -0.2) is 27.0 Å². The number of aliphatic hydroxyl groups is 1. The summed E-state index contributed by atoms with van der Waals surface area (Å²) in [5, 5.41) is 10.9. The summed E-state index contributed by atoms with van der Waals surface area (Å²) in [5.41, 5.74) is 3.71. The molecule has 1 fully saturated rings. The standard InChI is InChI=1S/C18H17N3O/c22-18-14(7-11-5-6-19-8-15(11)18)17-13-4-2-1-3-12(13)16-9-20-10-21(16)17/h1-6,8-11,14-15,17-18,22H,7H2/t11?,14-,15?,17-,18+/m0/s1. The lowest BCUT2D eigenvalue weighted by atomic mass is 9.88. The molecule has 2 unspecified atom stereocenters. The molecule has 0 radical (unpaired) electrons. The zero-order chi connectivity index (χ0) is 14.7. The molecule has 0 amide bonds. The van der Waals surface area contributed by atoms with Gasteiger partial charge in [-0.1, -0.05) is 30.3 Å². The van der Waals surface area contributed by atoms with Gasteiger partial charge in [0, 0.05) is 29.8 Å². The summed E-state index contributed by atoms with van der Waals surface area (Å²) in [7, 11) is 0. The smallest absolute Gasteiger partial charge is 0.0956 e. The first-order valence-electron chi connectivity index (χ1n) is 7.84. The van der Waals surface area contributed by atoms with E-state index < -0.39 is 0 Å². The van der Waals surface area contributed by atoms with Crippen LogP contribution in [0.3, 0.4) is 0 Å². The van der Waals surface area contributed by atoms with Gasteiger partial charge in [0.2, 0.25) is 0 Å². The normalized spacial score (nSPS) is 34.5. The van der Waals surface area contributed by atoms with Crippen LogP contribution in [0, 0.1) is 17.8 Å². The molecule has 1 saturated carbocycles. The van der Waals surface area contributed by atoms with Crippen molar-refractivity contribution in [3.05, 3.63) is 54.6 Å². The number of aliphatic hydroxyl groups excluding tert-OH is 1. The number of allylic oxidation sites excluding steroid dienone is 1. The molecular formula is C18H17N3O. The van der Waals surface area contributed by atoms with Gasteiger partial charge in [0.25, 0.3) is 0 Å². The molecule has 3 heterocycles. The Balaban J connectivity index is 1.62. The number of nitrogens with zero attached hydrogens (tertiary/aromatic N) is 3. The molecule has 0 bridgehead atoms. The van der Waals surface area contributed by atoms with Gasteiger partial charge < -0.3 is 9.67 Å². The summed E-state index contributed by atoms with van der Waals surface area (Å²) >= 11 is 0. The summed E-state index contributed by atoms with van der Waals surface area (Å²) in [4.78, 5) is 8.55. The molecule has 2 aliphatic heterocycles. The van der Waals surface area contributed by atoms with Crippen LogP contribution in [0.5, 0.6) is 0 Å². The molecular weight excluding hydrogens is 274 g/mol. The summed E-state index contributed by atoms with van der Waals surface area (Å²) in [6.07, 6.45) is 10.4. The fraction of sp³-hybridized carbons (Fsp3) is 0.333. The second-order valence-corrected chi connectivity index (χ2v) is 6.49. The second-order valence-electron chi connectivity index (χ2n) is 6.49. The van der Waals surface area contributed by atoms with Crippen molar-refractivity contribution in [3.63, 3.8) is 0 Å². The van der Waals surface area contributed by atoms with Crippen molar-refractivity contribution in [3.8, 4) is 11.3 Å². The maximum absolute atomic E-state index is 10.9. The first kappa shape index (κ1) is 12.4. The first-order valence-corrected chi connectivity index (χ1v) is 7.84. The highest BCUT2D eigenvalue weighted by Gasteiger charge is 2.47. The van der Waals surface area contributed by atoms with Crippen LogP contribution in [0.25, 0.3) is 11.3 Å². The monoisotopic (exact) mass is 291 g/mol. The molecule has 110 valence electrons. The minimum atomic E-state index is -0.356. The van der Waals surface area contributed by atoms with E-state index in [2.05, 4.69) is 44.9 Å². The Hall–Kier alpha value is -2.20. The summed E-state index contributed by atoms with van der Waals surface area (Å²) in [6.45, 7) is 0. The highest BCUT2D eigenvalue weighted by atomic mass is 16.3. The Morgan fingerprint density at radius 3 is 3.05 bits per heavy atom. The highest BCUT2D eigenvalue weighted by Crippen LogP contribution is 2.50. The molecule has 1 aliphatic carbocycles. The van der Waals surface area contributed by atoms with Gasteiger partial charge in [-0.3, -0.25) is 4.99 Å². The van der Waals surface area contributed by atoms with Gasteiger partial charge in [0.1, 0.15) is 0 Å². The molecule has 22 heavy (non-hydrogen) atoms. The fourth-order valence-electron chi connectivity index (χ4n) is 4.49. The molecule has 1 N–H and O–H groups in total. The topological polar surface area (TPSA) is 50.4 Å². The average Bonchev–Trinajstić information content (AvgIpc) is 3.21. The van der Waals surface area contributed by atoms with Crippen molar-refractivity contribution >= 4 is 6.21 Å². The largest absolute Gasteiger partial charge is 0.392 e. The van der Waals surface area contributed by atoms with E-state index in [1.165, 1.54) is 11.1 Å². The Labute approximate surface area is 128 Å². The third-order valence-corrected chi connectivity index (χ3v) is 5.48. The number of hydrogen-bond donors (Lipinski definition) is 1. The predicted octanol–water partition coefficient (Wildman–Crippen LogP) is 2.66. The molecule has 5 atom stereocenters. The van der Waals surface area contributed by atoms with Crippen molar-refractivity contribution in [2.75, 3.05) is 0 Å². The van der Waals surface area contributed by atoms with E-state index in [0.29, 0.717) is 5.92 Å². The quantitative estimate of drug-likeness (QED) is 0.878. The Bertz CT molecular complexity index is 791. The molecule has 1 aromatic carbocycles. The lowest BCUT2D eigenvalue weighted by Gasteiger charge is -2.26. The zero-order valence-electron chi connectivity index (χ0n) is 12.1. The van der Waals surface area contributed by atoms with Crippen LogP contribution in [0.15, 0.2) is 54.1 Å². The number of aliphatic imine (C=N–C) groups is 1. The minimum Gasteiger partial charge on any atom is -0.392 e. The van der Waals surface area contributed by atoms with Crippen LogP contribution in [0.2, 0.25) is 0 Å². The summed E-state index contributed by atoms with van der Waals surface area (Å²) in [6, 6.07) is 8.67. The zero-order valence-corrected chi connectivity index (χ0v) is 12.1. The van der Waals surface area contributed by atoms with E-state index in [9.17, 15) is 5.11 Å². The van der Waals surface area contributed by atoms with Crippen LogP contribution >= 0.6 is 0 Å². The van der Waals surface area contributed by atoms with Crippen molar-refractivity contribution in [2.24, 2.45) is 22.7 Å². The second kappa shape index (κ2) is 4.40. The summed E-state index contributed by atoms with van der Waals surface area (Å²) < 4.78 is 2.23. The number of fused-ring (bicyclic) bond motifs is 4.